The number of piperidine rings is 1. The average Bonchev–Trinajstić information content (AvgIpc) is 3.18. The second-order valence-electron chi connectivity index (χ2n) is 10.6. The van der Waals surface area contributed by atoms with Gasteiger partial charge >= 0.3 is 0 Å². The third kappa shape index (κ3) is 3.85. The second kappa shape index (κ2) is 8.58. The lowest BCUT2D eigenvalue weighted by Gasteiger charge is -2.36. The second-order valence-corrected chi connectivity index (χ2v) is 10.6. The molecule has 0 unspecified atom stereocenters. The molecule has 0 bridgehead atoms. The number of fused-ring (bicyclic) bond motifs is 3. The highest BCUT2D eigenvalue weighted by Gasteiger charge is 2.42. The summed E-state index contributed by atoms with van der Waals surface area (Å²) in [5, 5.41) is 9.30. The minimum Gasteiger partial charge on any atom is -0.301 e. The summed E-state index contributed by atoms with van der Waals surface area (Å²) in [5.41, 5.74) is 8.00. The molecule has 2 aromatic carbocycles. The number of hydrogen-bond donors (Lipinski definition) is 0. The molecule has 1 fully saturated rings. The Morgan fingerprint density at radius 2 is 1.82 bits per heavy atom. The summed E-state index contributed by atoms with van der Waals surface area (Å²) in [6, 6.07) is 15.3. The highest BCUT2D eigenvalue weighted by molar-refractivity contribution is 6.33. The van der Waals surface area contributed by atoms with Crippen LogP contribution in [0.2, 0.25) is 0 Å². The molecule has 0 spiro atoms. The van der Waals surface area contributed by atoms with Crippen molar-refractivity contribution in [2.45, 2.75) is 72.3 Å². The summed E-state index contributed by atoms with van der Waals surface area (Å²) >= 11 is 0. The smallest absolute Gasteiger partial charge is 0.193 e. The number of hydrogen-bond acceptors (Lipinski definition) is 3. The highest BCUT2D eigenvalue weighted by atomic mass is 16.1. The Hall–Kier alpha value is -2.70. The first-order valence-electron chi connectivity index (χ1n) is 12.0. The molecule has 1 heterocycles. The zero-order chi connectivity index (χ0) is 22.6. The Kier molecular flexibility index (Phi) is 6.10. The number of carbonyl (C=O) groups is 1. The van der Waals surface area contributed by atoms with Crippen molar-refractivity contribution >= 4 is 11.4 Å². The zero-order valence-electron chi connectivity index (χ0n) is 19.7. The number of carbonyl (C=O) groups excluding carboxylic acids is 1. The molecule has 5 rings (SSSR count). The topological polar surface area (TPSA) is 44.1 Å². The van der Waals surface area contributed by atoms with Gasteiger partial charge in [0.1, 0.15) is 0 Å². The lowest BCUT2D eigenvalue weighted by atomic mass is 9.68. The Balaban J connectivity index is 0.00000259. The minimum absolute atomic E-state index is 0. The van der Waals surface area contributed by atoms with Crippen LogP contribution in [0.1, 0.15) is 86.1 Å². The van der Waals surface area contributed by atoms with Gasteiger partial charge in [0.25, 0.3) is 0 Å². The van der Waals surface area contributed by atoms with Crippen molar-refractivity contribution in [1.82, 2.24) is 4.90 Å². The predicted molar refractivity (Wildman–Crippen MR) is 135 cm³/mol. The van der Waals surface area contributed by atoms with Crippen LogP contribution in [-0.4, -0.2) is 29.8 Å². The molecule has 0 atom stereocenters. The number of nitriles is 1. The van der Waals surface area contributed by atoms with Gasteiger partial charge in [-0.2, -0.15) is 5.26 Å². The highest BCUT2D eigenvalue weighted by Crippen LogP contribution is 2.50. The quantitative estimate of drug-likeness (QED) is 0.559. The lowest BCUT2D eigenvalue weighted by Crippen LogP contribution is -2.38. The van der Waals surface area contributed by atoms with Gasteiger partial charge in [0.15, 0.2) is 5.78 Å². The number of rotatable bonds is 3. The van der Waals surface area contributed by atoms with E-state index in [0.29, 0.717) is 17.5 Å². The number of allylic oxidation sites excluding steroid dienone is 2. The molecule has 3 heteroatoms. The van der Waals surface area contributed by atoms with Gasteiger partial charge in [0.05, 0.1) is 11.6 Å². The Bertz CT molecular complexity index is 1170. The fourth-order valence-corrected chi connectivity index (χ4v) is 6.04. The minimum atomic E-state index is -0.189. The number of likely N-dealkylation sites (tertiary alicyclic amines) is 1. The molecule has 0 N–H and O–H groups in total. The van der Waals surface area contributed by atoms with Crippen molar-refractivity contribution in [2.75, 3.05) is 13.1 Å². The van der Waals surface area contributed by atoms with Crippen LogP contribution in [0.3, 0.4) is 0 Å². The fraction of sp³-hybridized carbons (Fsp3) is 0.467. The van der Waals surface area contributed by atoms with Gasteiger partial charge in [-0.05, 0) is 105 Å². The summed E-state index contributed by atoms with van der Waals surface area (Å²) in [6.45, 7) is 11.4. The number of Topliss-reactive ketones (excluding diaryl/α,β-unsaturated/α-hetero) is 1. The molecule has 0 radical (unpaired) electrons. The van der Waals surface area contributed by atoms with Gasteiger partial charge < -0.3 is 4.90 Å². The maximum atomic E-state index is 13.7. The average molecular weight is 441 g/mol. The van der Waals surface area contributed by atoms with E-state index in [0.717, 1.165) is 40.7 Å². The number of benzene rings is 2. The van der Waals surface area contributed by atoms with E-state index >= 15 is 0 Å². The van der Waals surface area contributed by atoms with E-state index in [1.165, 1.54) is 37.1 Å². The van der Waals surface area contributed by atoms with Crippen molar-refractivity contribution in [3.8, 4) is 6.07 Å². The van der Waals surface area contributed by atoms with Crippen molar-refractivity contribution in [3.63, 3.8) is 0 Å². The van der Waals surface area contributed by atoms with Gasteiger partial charge in [-0.3, -0.25) is 4.79 Å². The van der Waals surface area contributed by atoms with Crippen molar-refractivity contribution < 1.29 is 4.79 Å². The molecule has 2 aliphatic carbocycles. The molecule has 1 saturated heterocycles. The molecule has 33 heavy (non-hydrogen) atoms. The van der Waals surface area contributed by atoms with Crippen molar-refractivity contribution in [2.24, 2.45) is 5.92 Å². The van der Waals surface area contributed by atoms with Crippen molar-refractivity contribution in [1.29, 1.82) is 5.26 Å². The summed E-state index contributed by atoms with van der Waals surface area (Å²) in [5.74, 6) is 0.857. The van der Waals surface area contributed by atoms with Gasteiger partial charge in [0.2, 0.25) is 0 Å². The van der Waals surface area contributed by atoms with Crippen LogP contribution in [0.15, 0.2) is 42.0 Å². The first-order valence-corrected chi connectivity index (χ1v) is 12.0. The van der Waals surface area contributed by atoms with E-state index in [-0.39, 0.29) is 18.6 Å². The molecule has 2 aromatic rings. The molecule has 0 saturated carbocycles. The molecule has 0 aromatic heterocycles. The van der Waals surface area contributed by atoms with E-state index in [9.17, 15) is 10.1 Å². The summed E-state index contributed by atoms with van der Waals surface area (Å²) < 4.78 is 0. The first kappa shape index (κ1) is 23.5. The Morgan fingerprint density at radius 1 is 1.09 bits per heavy atom. The SMILES string of the molecule is C.CC(C)N1CCC(Cc2ccc3c(c2)C(=O)C2=C(Cc4cc(C#N)ccc42)C3(C)C)CC1. The van der Waals surface area contributed by atoms with Crippen LogP contribution in [0.25, 0.3) is 5.57 Å². The first-order chi connectivity index (χ1) is 15.3. The fourth-order valence-electron chi connectivity index (χ4n) is 6.04. The van der Waals surface area contributed by atoms with Crippen LogP contribution in [0, 0.1) is 17.2 Å². The summed E-state index contributed by atoms with van der Waals surface area (Å²) in [6.07, 6.45) is 4.28. The molecule has 3 aliphatic rings. The third-order valence-corrected chi connectivity index (χ3v) is 8.06. The van der Waals surface area contributed by atoms with E-state index < -0.39 is 0 Å². The van der Waals surface area contributed by atoms with Gasteiger partial charge in [-0.1, -0.05) is 39.5 Å². The zero-order valence-corrected chi connectivity index (χ0v) is 19.7. The normalized spacial score (nSPS) is 19.6. The number of nitrogens with zero attached hydrogens (tertiary/aromatic N) is 2. The van der Waals surface area contributed by atoms with E-state index in [4.69, 9.17) is 0 Å². The molecule has 1 aliphatic heterocycles. The van der Waals surface area contributed by atoms with E-state index in [1.54, 1.807) is 0 Å². The maximum Gasteiger partial charge on any atom is 0.193 e. The third-order valence-electron chi connectivity index (χ3n) is 8.06. The largest absolute Gasteiger partial charge is 0.301 e. The molecular weight excluding hydrogens is 404 g/mol. The molecule has 172 valence electrons. The van der Waals surface area contributed by atoms with Gasteiger partial charge in [-0.25, -0.2) is 0 Å². The summed E-state index contributed by atoms with van der Waals surface area (Å²) in [7, 11) is 0. The standard InChI is InChI=1S/C29H32N2O.CH4/c1-18(2)31-11-9-19(10-12-31)13-20-6-8-25-24(15-20)28(32)27-23-7-5-21(17-30)14-22(23)16-26(27)29(25,3)4;/h5-8,14-15,18-19H,9-13,16H2,1-4H3;1H4. The van der Waals surface area contributed by atoms with Crippen LogP contribution in [0.4, 0.5) is 0 Å². The predicted octanol–water partition coefficient (Wildman–Crippen LogP) is 6.34. The summed E-state index contributed by atoms with van der Waals surface area (Å²) in [4.78, 5) is 16.3. The van der Waals surface area contributed by atoms with Crippen LogP contribution >= 0.6 is 0 Å². The Labute approximate surface area is 199 Å². The number of ketones is 1. The lowest BCUT2D eigenvalue weighted by molar-refractivity contribution is 0.105. The monoisotopic (exact) mass is 440 g/mol. The molecular formula is C30H36N2O. The van der Waals surface area contributed by atoms with Crippen molar-refractivity contribution in [3.05, 3.63) is 75.4 Å². The van der Waals surface area contributed by atoms with E-state index in [1.807, 2.05) is 18.2 Å². The molecule has 0 amide bonds. The van der Waals surface area contributed by atoms with Gasteiger partial charge in [0, 0.05) is 22.6 Å². The van der Waals surface area contributed by atoms with Gasteiger partial charge in [-0.15, -0.1) is 0 Å². The van der Waals surface area contributed by atoms with Crippen LogP contribution in [-0.2, 0) is 18.3 Å². The van der Waals surface area contributed by atoms with Crippen LogP contribution in [0.5, 0.6) is 0 Å². The van der Waals surface area contributed by atoms with E-state index in [2.05, 4.69) is 56.9 Å². The molecule has 3 nitrogen and oxygen atoms in total. The Morgan fingerprint density at radius 3 is 2.48 bits per heavy atom. The maximum absolute atomic E-state index is 13.7. The van der Waals surface area contributed by atoms with Crippen LogP contribution < -0.4 is 0 Å².